The SMILES string of the molecule is Cc1cc(-c2ccc(C(F)(F)F)s2)nc(SCc2ccccc2)c1O. The zero-order valence-electron chi connectivity index (χ0n) is 13.2. The van der Waals surface area contributed by atoms with E-state index < -0.39 is 11.1 Å². The number of pyridine rings is 1. The van der Waals surface area contributed by atoms with Crippen molar-refractivity contribution in [1.29, 1.82) is 0 Å². The van der Waals surface area contributed by atoms with Crippen LogP contribution in [0.1, 0.15) is 16.0 Å². The summed E-state index contributed by atoms with van der Waals surface area (Å²) in [6.45, 7) is 1.71. The lowest BCUT2D eigenvalue weighted by molar-refractivity contribution is -0.134. The first-order valence-corrected chi connectivity index (χ1v) is 9.19. The summed E-state index contributed by atoms with van der Waals surface area (Å²) in [5, 5.41) is 10.6. The van der Waals surface area contributed by atoms with Crippen molar-refractivity contribution in [3.63, 3.8) is 0 Å². The zero-order valence-corrected chi connectivity index (χ0v) is 14.8. The number of hydrogen-bond acceptors (Lipinski definition) is 4. The van der Waals surface area contributed by atoms with Crippen molar-refractivity contribution in [2.24, 2.45) is 0 Å². The lowest BCUT2D eigenvalue weighted by atomic mass is 10.2. The van der Waals surface area contributed by atoms with Crippen molar-refractivity contribution in [3.05, 3.63) is 64.5 Å². The standard InChI is InChI=1S/C18H14F3NOS2/c1-11-9-13(14-7-8-15(25-14)18(19,20)21)22-17(16(11)23)24-10-12-5-3-2-4-6-12/h2-9,23H,10H2,1H3. The number of aromatic nitrogens is 1. The average Bonchev–Trinajstić information content (AvgIpc) is 3.07. The third-order valence-corrected chi connectivity index (χ3v) is 5.70. The molecule has 0 aliphatic rings. The molecule has 0 aliphatic carbocycles. The Labute approximate surface area is 151 Å². The quantitative estimate of drug-likeness (QED) is 0.552. The summed E-state index contributed by atoms with van der Waals surface area (Å²) in [5.41, 5.74) is 2.10. The first kappa shape index (κ1) is 17.8. The van der Waals surface area contributed by atoms with Crippen LogP contribution >= 0.6 is 23.1 Å². The van der Waals surface area contributed by atoms with Gasteiger partial charge in [-0.05, 0) is 36.2 Å². The molecule has 0 bridgehead atoms. The lowest BCUT2D eigenvalue weighted by Gasteiger charge is -2.09. The Morgan fingerprint density at radius 3 is 2.48 bits per heavy atom. The molecule has 0 aliphatic heterocycles. The van der Waals surface area contributed by atoms with Crippen molar-refractivity contribution >= 4 is 23.1 Å². The Hall–Kier alpha value is -1.99. The number of aromatic hydroxyl groups is 1. The summed E-state index contributed by atoms with van der Waals surface area (Å²) in [4.78, 5) is 4.14. The van der Waals surface area contributed by atoms with Gasteiger partial charge < -0.3 is 5.11 Å². The van der Waals surface area contributed by atoms with Gasteiger partial charge in [0.1, 0.15) is 9.90 Å². The third kappa shape index (κ3) is 4.16. The first-order valence-electron chi connectivity index (χ1n) is 7.39. The summed E-state index contributed by atoms with van der Waals surface area (Å²) in [7, 11) is 0. The molecular weight excluding hydrogens is 367 g/mol. The van der Waals surface area contributed by atoms with E-state index in [-0.39, 0.29) is 5.75 Å². The predicted molar refractivity (Wildman–Crippen MR) is 95.0 cm³/mol. The molecule has 0 saturated carbocycles. The predicted octanol–water partition coefficient (Wildman–Crippen LogP) is 6.14. The maximum atomic E-state index is 12.8. The summed E-state index contributed by atoms with van der Waals surface area (Å²) in [6.07, 6.45) is -4.36. The molecule has 0 unspecified atom stereocenters. The fourth-order valence-electron chi connectivity index (χ4n) is 2.22. The highest BCUT2D eigenvalue weighted by Gasteiger charge is 2.32. The van der Waals surface area contributed by atoms with Crippen LogP contribution in [0.2, 0.25) is 0 Å². The van der Waals surface area contributed by atoms with Crippen LogP contribution in [0.25, 0.3) is 10.6 Å². The van der Waals surface area contributed by atoms with Gasteiger partial charge in [-0.1, -0.05) is 42.1 Å². The number of thioether (sulfide) groups is 1. The first-order chi connectivity index (χ1) is 11.8. The molecule has 1 N–H and O–H groups in total. The minimum atomic E-state index is -4.36. The van der Waals surface area contributed by atoms with Crippen molar-refractivity contribution in [3.8, 4) is 16.3 Å². The lowest BCUT2D eigenvalue weighted by Crippen LogP contribution is -2.00. The second-order valence-electron chi connectivity index (χ2n) is 5.41. The second kappa shape index (κ2) is 7.09. The molecule has 2 aromatic heterocycles. The van der Waals surface area contributed by atoms with Crippen LogP contribution in [0.4, 0.5) is 13.2 Å². The number of aryl methyl sites for hydroxylation is 1. The van der Waals surface area contributed by atoms with Crippen LogP contribution in [0, 0.1) is 6.92 Å². The van der Waals surface area contributed by atoms with E-state index in [2.05, 4.69) is 4.98 Å². The Kier molecular flexibility index (Phi) is 5.06. The second-order valence-corrected chi connectivity index (χ2v) is 7.46. The van der Waals surface area contributed by atoms with E-state index in [0.717, 1.165) is 11.6 Å². The Bertz CT molecular complexity index is 876. The number of benzene rings is 1. The van der Waals surface area contributed by atoms with E-state index >= 15 is 0 Å². The van der Waals surface area contributed by atoms with Gasteiger partial charge in [0, 0.05) is 5.75 Å². The summed E-state index contributed by atoms with van der Waals surface area (Å²) >= 11 is 2.01. The molecule has 130 valence electrons. The van der Waals surface area contributed by atoms with Crippen molar-refractivity contribution < 1.29 is 18.3 Å². The Balaban J connectivity index is 1.89. The van der Waals surface area contributed by atoms with E-state index in [1.54, 1.807) is 13.0 Å². The number of halogens is 3. The van der Waals surface area contributed by atoms with Gasteiger partial charge in [0.25, 0.3) is 0 Å². The molecule has 0 atom stereocenters. The van der Waals surface area contributed by atoms with E-state index in [0.29, 0.717) is 38.3 Å². The topological polar surface area (TPSA) is 33.1 Å². The number of nitrogens with zero attached hydrogens (tertiary/aromatic N) is 1. The molecule has 0 fully saturated rings. The van der Waals surface area contributed by atoms with Crippen LogP contribution in [-0.4, -0.2) is 10.1 Å². The van der Waals surface area contributed by atoms with Crippen LogP contribution in [0.3, 0.4) is 0 Å². The molecule has 0 spiro atoms. The number of thiophene rings is 1. The molecule has 2 nitrogen and oxygen atoms in total. The summed E-state index contributed by atoms with van der Waals surface area (Å²) in [6, 6.07) is 13.8. The van der Waals surface area contributed by atoms with Gasteiger partial charge in [0.2, 0.25) is 0 Å². The van der Waals surface area contributed by atoms with Crippen LogP contribution in [0.15, 0.2) is 53.6 Å². The van der Waals surface area contributed by atoms with Gasteiger partial charge in [-0.3, -0.25) is 0 Å². The molecule has 25 heavy (non-hydrogen) atoms. The summed E-state index contributed by atoms with van der Waals surface area (Å²) in [5.74, 6) is 0.681. The molecule has 0 radical (unpaired) electrons. The highest BCUT2D eigenvalue weighted by atomic mass is 32.2. The Morgan fingerprint density at radius 2 is 1.84 bits per heavy atom. The average molecular weight is 381 g/mol. The number of hydrogen-bond donors (Lipinski definition) is 1. The van der Waals surface area contributed by atoms with E-state index in [1.165, 1.54) is 17.8 Å². The van der Waals surface area contributed by atoms with Crippen molar-refractivity contribution in [2.75, 3.05) is 0 Å². The zero-order chi connectivity index (χ0) is 18.0. The van der Waals surface area contributed by atoms with E-state index in [4.69, 9.17) is 0 Å². The van der Waals surface area contributed by atoms with E-state index in [1.807, 2.05) is 30.3 Å². The molecular formula is C18H14F3NOS2. The maximum Gasteiger partial charge on any atom is 0.425 e. The van der Waals surface area contributed by atoms with Gasteiger partial charge in [0.15, 0.2) is 5.75 Å². The molecule has 0 amide bonds. The summed E-state index contributed by atoms with van der Waals surface area (Å²) < 4.78 is 38.4. The fourth-order valence-corrected chi connectivity index (χ4v) is 4.01. The van der Waals surface area contributed by atoms with Crippen LogP contribution in [-0.2, 0) is 11.9 Å². The molecule has 3 aromatic rings. The van der Waals surface area contributed by atoms with Gasteiger partial charge in [-0.2, -0.15) is 13.2 Å². The largest absolute Gasteiger partial charge is 0.505 e. The number of rotatable bonds is 4. The molecule has 0 saturated heterocycles. The van der Waals surface area contributed by atoms with Crippen LogP contribution in [0.5, 0.6) is 5.75 Å². The smallest absolute Gasteiger partial charge is 0.425 e. The van der Waals surface area contributed by atoms with Gasteiger partial charge >= 0.3 is 6.18 Å². The minimum Gasteiger partial charge on any atom is -0.505 e. The van der Waals surface area contributed by atoms with Crippen molar-refractivity contribution in [1.82, 2.24) is 4.98 Å². The molecule has 2 heterocycles. The normalized spacial score (nSPS) is 11.7. The van der Waals surface area contributed by atoms with Crippen molar-refractivity contribution in [2.45, 2.75) is 23.9 Å². The van der Waals surface area contributed by atoms with E-state index in [9.17, 15) is 18.3 Å². The molecule has 1 aromatic carbocycles. The molecule has 7 heteroatoms. The number of alkyl halides is 3. The minimum absolute atomic E-state index is 0.0669. The maximum absolute atomic E-state index is 12.8. The van der Waals surface area contributed by atoms with Gasteiger partial charge in [0.05, 0.1) is 10.6 Å². The van der Waals surface area contributed by atoms with Crippen LogP contribution < -0.4 is 0 Å². The highest BCUT2D eigenvalue weighted by molar-refractivity contribution is 7.98. The van der Waals surface area contributed by atoms with Gasteiger partial charge in [-0.25, -0.2) is 4.98 Å². The monoisotopic (exact) mass is 381 g/mol. The highest BCUT2D eigenvalue weighted by Crippen LogP contribution is 2.40. The third-order valence-electron chi connectivity index (χ3n) is 3.51. The van der Waals surface area contributed by atoms with Gasteiger partial charge in [-0.15, -0.1) is 11.3 Å². The fraction of sp³-hybridized carbons (Fsp3) is 0.167. The molecule has 3 rings (SSSR count). The Morgan fingerprint density at radius 1 is 1.12 bits per heavy atom.